The molecule has 0 spiro atoms. The fourth-order valence-corrected chi connectivity index (χ4v) is 6.47. The first kappa shape index (κ1) is 59.8. The van der Waals surface area contributed by atoms with Crippen molar-refractivity contribution in [2.24, 2.45) is 0 Å². The van der Waals surface area contributed by atoms with E-state index in [1.165, 1.54) is 44.9 Å². The molecule has 0 aliphatic rings. The number of unbranched alkanes of at least 4 members (excludes halogenated alkanes) is 16. The van der Waals surface area contributed by atoms with E-state index in [9.17, 15) is 14.4 Å². The normalized spacial score (nSPS) is 13.1. The Morgan fingerprint density at radius 2 is 0.688 bits per heavy atom. The van der Waals surface area contributed by atoms with Gasteiger partial charge in [-0.25, -0.2) is 0 Å². The summed E-state index contributed by atoms with van der Waals surface area (Å²) in [7, 11) is 0. The Labute approximate surface area is 392 Å². The molecule has 0 radical (unpaired) electrons. The van der Waals surface area contributed by atoms with Gasteiger partial charge in [-0.1, -0.05) is 200 Å². The van der Waals surface area contributed by atoms with E-state index in [0.717, 1.165) is 122 Å². The zero-order chi connectivity index (χ0) is 46.5. The summed E-state index contributed by atoms with van der Waals surface area (Å²) >= 11 is 0. The van der Waals surface area contributed by atoms with Gasteiger partial charge in [0.05, 0.1) is 0 Å². The summed E-state index contributed by atoms with van der Waals surface area (Å²) in [6.07, 6.45) is 70.4. The Balaban J connectivity index is 4.53. The lowest BCUT2D eigenvalue weighted by Crippen LogP contribution is -2.30. The molecule has 360 valence electrons. The SMILES string of the molecule is CC/C=C/C=C/C=C/C=C/CCCCCC(=O)OCC(COC(=O)CCCCC/C=C/C/C=C/C/C=C/C/C=C/C/C=C/CC)OC(=O)CCCCC/C=C/CCCCCCCCC. The molecular weight excluding hydrogens is 793 g/mol. The van der Waals surface area contributed by atoms with E-state index in [1.54, 1.807) is 0 Å². The van der Waals surface area contributed by atoms with Gasteiger partial charge in [0.15, 0.2) is 6.10 Å². The van der Waals surface area contributed by atoms with Crippen molar-refractivity contribution in [3.05, 3.63) is 122 Å². The van der Waals surface area contributed by atoms with Crippen molar-refractivity contribution in [2.75, 3.05) is 13.2 Å². The second kappa shape index (κ2) is 51.4. The fraction of sp³-hybridized carbons (Fsp3) is 0.603. The van der Waals surface area contributed by atoms with Gasteiger partial charge in [-0.3, -0.25) is 14.4 Å². The molecular formula is C58H92O6. The minimum atomic E-state index is -0.819. The van der Waals surface area contributed by atoms with Gasteiger partial charge < -0.3 is 14.2 Å². The third-order valence-electron chi connectivity index (χ3n) is 10.3. The molecule has 0 aromatic heterocycles. The molecule has 64 heavy (non-hydrogen) atoms. The second-order valence-electron chi connectivity index (χ2n) is 16.4. The number of hydrogen-bond donors (Lipinski definition) is 0. The Kier molecular flexibility index (Phi) is 48.1. The van der Waals surface area contributed by atoms with Crippen molar-refractivity contribution in [3.8, 4) is 0 Å². The first-order valence-electron chi connectivity index (χ1n) is 25.6. The topological polar surface area (TPSA) is 78.9 Å². The first-order valence-corrected chi connectivity index (χ1v) is 25.6. The van der Waals surface area contributed by atoms with E-state index in [1.807, 2.05) is 36.5 Å². The molecule has 0 aromatic rings. The summed E-state index contributed by atoms with van der Waals surface area (Å²) in [6.45, 7) is 6.28. The molecule has 0 aliphatic carbocycles. The highest BCUT2D eigenvalue weighted by Gasteiger charge is 2.19. The van der Waals surface area contributed by atoms with Crippen molar-refractivity contribution in [1.82, 2.24) is 0 Å². The summed E-state index contributed by atoms with van der Waals surface area (Å²) in [6, 6.07) is 0. The number of carbonyl (C=O) groups is 3. The van der Waals surface area contributed by atoms with E-state index in [2.05, 4.69) is 106 Å². The third-order valence-corrected chi connectivity index (χ3v) is 10.3. The van der Waals surface area contributed by atoms with Crippen LogP contribution in [-0.2, 0) is 28.6 Å². The molecule has 1 unspecified atom stereocenters. The standard InChI is InChI=1S/C58H92O6/c1-4-7-10-13-16-19-22-25-27-28-29-30-31-34-36-39-42-45-48-51-57(60)63-54-55(53-62-56(59)50-47-44-41-38-35-32-24-21-18-15-12-9-6-3)64-58(61)52-49-46-43-40-37-33-26-23-20-17-14-11-8-5-2/h7,9-10,12,15-16,18-19,21,24-25,27,29-30,32-37,55H,4-6,8,11,13-14,17,20,22-23,26,28,31,38-54H2,1-3H3/b10-7+,12-9+,18-15+,19-16+,24-21+,27-25+,30-29+,35-32+,36-34+,37-33+. The van der Waals surface area contributed by atoms with Gasteiger partial charge in [-0.2, -0.15) is 0 Å². The number of rotatable bonds is 44. The number of ether oxygens (including phenoxy) is 3. The first-order chi connectivity index (χ1) is 31.5. The minimum Gasteiger partial charge on any atom is -0.462 e. The average molecular weight is 885 g/mol. The smallest absolute Gasteiger partial charge is 0.306 e. The van der Waals surface area contributed by atoms with Crippen LogP contribution in [0.5, 0.6) is 0 Å². The molecule has 1 atom stereocenters. The van der Waals surface area contributed by atoms with Gasteiger partial charge in [0.2, 0.25) is 0 Å². The Hall–Kier alpha value is -4.19. The van der Waals surface area contributed by atoms with E-state index < -0.39 is 6.10 Å². The zero-order valence-corrected chi connectivity index (χ0v) is 41.0. The highest BCUT2D eigenvalue weighted by atomic mass is 16.6. The van der Waals surface area contributed by atoms with Gasteiger partial charge in [0, 0.05) is 19.3 Å². The molecule has 0 saturated heterocycles. The molecule has 0 rings (SSSR count). The van der Waals surface area contributed by atoms with Crippen LogP contribution in [0, 0.1) is 0 Å². The van der Waals surface area contributed by atoms with Crippen molar-refractivity contribution < 1.29 is 28.6 Å². The van der Waals surface area contributed by atoms with Crippen LogP contribution in [0.25, 0.3) is 0 Å². The van der Waals surface area contributed by atoms with Crippen LogP contribution in [0.1, 0.15) is 207 Å². The fourth-order valence-electron chi connectivity index (χ4n) is 6.47. The lowest BCUT2D eigenvalue weighted by molar-refractivity contribution is -0.167. The Bertz CT molecular complexity index is 1390. The maximum Gasteiger partial charge on any atom is 0.306 e. The Morgan fingerprint density at radius 1 is 0.344 bits per heavy atom. The van der Waals surface area contributed by atoms with Crippen LogP contribution in [0.2, 0.25) is 0 Å². The minimum absolute atomic E-state index is 0.118. The maximum absolute atomic E-state index is 12.8. The van der Waals surface area contributed by atoms with E-state index in [-0.39, 0.29) is 37.5 Å². The molecule has 0 bridgehead atoms. The monoisotopic (exact) mass is 885 g/mol. The van der Waals surface area contributed by atoms with Crippen molar-refractivity contribution in [1.29, 1.82) is 0 Å². The molecule has 6 nitrogen and oxygen atoms in total. The molecule has 0 aliphatic heterocycles. The van der Waals surface area contributed by atoms with Gasteiger partial charge in [-0.15, -0.1) is 0 Å². The van der Waals surface area contributed by atoms with E-state index >= 15 is 0 Å². The van der Waals surface area contributed by atoms with Crippen LogP contribution >= 0.6 is 0 Å². The predicted molar refractivity (Wildman–Crippen MR) is 274 cm³/mol. The largest absolute Gasteiger partial charge is 0.462 e. The quantitative estimate of drug-likeness (QED) is 0.0199. The summed E-state index contributed by atoms with van der Waals surface area (Å²) < 4.78 is 16.7. The molecule has 0 fully saturated rings. The molecule has 0 saturated carbocycles. The summed E-state index contributed by atoms with van der Waals surface area (Å²) in [5.41, 5.74) is 0. The third kappa shape index (κ3) is 48.8. The number of allylic oxidation sites excluding steroid dienone is 20. The molecule has 0 aromatic carbocycles. The average Bonchev–Trinajstić information content (AvgIpc) is 3.29. The van der Waals surface area contributed by atoms with Crippen molar-refractivity contribution in [2.45, 2.75) is 213 Å². The van der Waals surface area contributed by atoms with Crippen molar-refractivity contribution in [3.63, 3.8) is 0 Å². The van der Waals surface area contributed by atoms with E-state index in [4.69, 9.17) is 14.2 Å². The zero-order valence-electron chi connectivity index (χ0n) is 41.0. The van der Waals surface area contributed by atoms with Crippen LogP contribution in [0.3, 0.4) is 0 Å². The van der Waals surface area contributed by atoms with Gasteiger partial charge in [-0.05, 0) is 109 Å². The lowest BCUT2D eigenvalue weighted by atomic mass is 10.1. The van der Waals surface area contributed by atoms with Crippen LogP contribution < -0.4 is 0 Å². The second-order valence-corrected chi connectivity index (χ2v) is 16.4. The van der Waals surface area contributed by atoms with Gasteiger partial charge >= 0.3 is 17.9 Å². The number of carbonyl (C=O) groups excluding carboxylic acids is 3. The number of hydrogen-bond acceptors (Lipinski definition) is 6. The van der Waals surface area contributed by atoms with Crippen LogP contribution in [-0.4, -0.2) is 37.2 Å². The van der Waals surface area contributed by atoms with Gasteiger partial charge in [0.1, 0.15) is 13.2 Å². The molecule has 0 N–H and O–H groups in total. The lowest BCUT2D eigenvalue weighted by Gasteiger charge is -2.18. The van der Waals surface area contributed by atoms with Gasteiger partial charge in [0.25, 0.3) is 0 Å². The highest BCUT2D eigenvalue weighted by Crippen LogP contribution is 2.12. The predicted octanol–water partition coefficient (Wildman–Crippen LogP) is 16.9. The summed E-state index contributed by atoms with van der Waals surface area (Å²) in [5.74, 6) is -1.01. The Morgan fingerprint density at radius 3 is 1.16 bits per heavy atom. The molecule has 0 amide bonds. The maximum atomic E-state index is 12.8. The van der Waals surface area contributed by atoms with Crippen molar-refractivity contribution >= 4 is 17.9 Å². The summed E-state index contributed by atoms with van der Waals surface area (Å²) in [4.78, 5) is 37.9. The molecule has 0 heterocycles. The molecule has 6 heteroatoms. The van der Waals surface area contributed by atoms with E-state index in [0.29, 0.717) is 12.8 Å². The summed E-state index contributed by atoms with van der Waals surface area (Å²) in [5, 5.41) is 0. The van der Waals surface area contributed by atoms with Crippen LogP contribution in [0.4, 0.5) is 0 Å². The highest BCUT2D eigenvalue weighted by molar-refractivity contribution is 5.71. The number of esters is 3. The van der Waals surface area contributed by atoms with Crippen LogP contribution in [0.15, 0.2) is 122 Å².